The van der Waals surface area contributed by atoms with E-state index in [0.717, 1.165) is 6.07 Å². The first-order valence-electron chi connectivity index (χ1n) is 3.23. The molecule has 1 aromatic carbocycles. The van der Waals surface area contributed by atoms with Crippen LogP contribution >= 0.6 is 0 Å². The van der Waals surface area contributed by atoms with E-state index in [4.69, 9.17) is 21.5 Å². The summed E-state index contributed by atoms with van der Waals surface area (Å²) in [5.41, 5.74) is 10.1. The molecule has 0 aliphatic rings. The molecule has 0 saturated carbocycles. The van der Waals surface area contributed by atoms with Crippen molar-refractivity contribution in [2.24, 2.45) is 0 Å². The molecule has 0 aliphatic heterocycles. The van der Waals surface area contributed by atoms with Gasteiger partial charge in [0.05, 0.1) is 11.4 Å². The van der Waals surface area contributed by atoms with Crippen molar-refractivity contribution in [1.29, 1.82) is 0 Å². The average Bonchev–Trinajstić information content (AvgIpc) is 2.00. The molecule has 0 radical (unpaired) electrons. The third-order valence-corrected chi connectivity index (χ3v) is 1.55. The van der Waals surface area contributed by atoms with Gasteiger partial charge in [-0.2, -0.15) is 0 Å². The summed E-state index contributed by atoms with van der Waals surface area (Å²) in [6.45, 7) is 0. The van der Waals surface area contributed by atoms with E-state index in [2.05, 4.69) is 0 Å². The maximum atomic E-state index is 12.7. The summed E-state index contributed by atoms with van der Waals surface area (Å²) in [7, 11) is -1.73. The lowest BCUT2D eigenvalue weighted by Gasteiger charge is -2.07. The minimum Gasteiger partial charge on any atom is -0.423 e. The fourth-order valence-electron chi connectivity index (χ4n) is 0.852. The van der Waals surface area contributed by atoms with Crippen LogP contribution in [-0.4, -0.2) is 17.2 Å². The van der Waals surface area contributed by atoms with Gasteiger partial charge in [-0.25, -0.2) is 4.39 Å². The van der Waals surface area contributed by atoms with Crippen LogP contribution in [0.1, 0.15) is 0 Å². The predicted molar refractivity (Wildman–Crippen MR) is 45.1 cm³/mol. The number of hydrogen-bond acceptors (Lipinski definition) is 4. The highest BCUT2D eigenvalue weighted by atomic mass is 19.1. The maximum Gasteiger partial charge on any atom is 0.490 e. The van der Waals surface area contributed by atoms with Crippen LogP contribution in [0.3, 0.4) is 0 Å². The number of anilines is 2. The Hall–Kier alpha value is -1.27. The summed E-state index contributed by atoms with van der Waals surface area (Å²) < 4.78 is 12.7. The molecule has 0 amide bonds. The molecule has 64 valence electrons. The number of nitrogens with two attached hydrogens (primary N) is 2. The van der Waals surface area contributed by atoms with Crippen molar-refractivity contribution in [3.8, 4) is 0 Å². The standard InChI is InChI=1S/C6H8BFN2O2/c8-4-2-1-3(7(11)12)5(9)6(4)10/h1-2,11-12H,9-10H2. The zero-order valence-electron chi connectivity index (χ0n) is 6.16. The van der Waals surface area contributed by atoms with E-state index in [1.54, 1.807) is 0 Å². The van der Waals surface area contributed by atoms with E-state index < -0.39 is 12.9 Å². The topological polar surface area (TPSA) is 92.5 Å². The van der Waals surface area contributed by atoms with Gasteiger partial charge in [0.25, 0.3) is 0 Å². The first-order chi connectivity index (χ1) is 5.54. The molecule has 0 aliphatic carbocycles. The largest absolute Gasteiger partial charge is 0.490 e. The highest BCUT2D eigenvalue weighted by Gasteiger charge is 2.17. The normalized spacial score (nSPS) is 9.92. The molecule has 1 aromatic rings. The first-order valence-corrected chi connectivity index (χ1v) is 3.23. The van der Waals surface area contributed by atoms with Crippen LogP contribution in [0.4, 0.5) is 15.8 Å². The van der Waals surface area contributed by atoms with Crippen molar-refractivity contribution in [1.82, 2.24) is 0 Å². The third kappa shape index (κ3) is 1.34. The summed E-state index contributed by atoms with van der Waals surface area (Å²) in [6.07, 6.45) is 0. The second-order valence-electron chi connectivity index (χ2n) is 2.34. The van der Waals surface area contributed by atoms with Crippen LogP contribution in [0, 0.1) is 5.82 Å². The number of nitrogen functional groups attached to an aromatic ring is 2. The Morgan fingerprint density at radius 1 is 1.17 bits per heavy atom. The molecule has 0 heterocycles. The van der Waals surface area contributed by atoms with E-state index in [1.807, 2.05) is 0 Å². The summed E-state index contributed by atoms with van der Waals surface area (Å²) in [5, 5.41) is 17.4. The molecule has 0 fully saturated rings. The fourth-order valence-corrected chi connectivity index (χ4v) is 0.852. The van der Waals surface area contributed by atoms with Crippen molar-refractivity contribution >= 4 is 24.0 Å². The van der Waals surface area contributed by atoms with E-state index >= 15 is 0 Å². The highest BCUT2D eigenvalue weighted by Crippen LogP contribution is 2.15. The molecule has 12 heavy (non-hydrogen) atoms. The van der Waals surface area contributed by atoms with Crippen molar-refractivity contribution in [3.63, 3.8) is 0 Å². The van der Waals surface area contributed by atoms with Gasteiger partial charge in [0.15, 0.2) is 0 Å². The molecule has 0 unspecified atom stereocenters. The van der Waals surface area contributed by atoms with Crippen LogP contribution in [0.15, 0.2) is 12.1 Å². The molecular formula is C6H8BFN2O2. The van der Waals surface area contributed by atoms with Crippen LogP contribution in [0.5, 0.6) is 0 Å². The Balaban J connectivity index is 3.27. The third-order valence-electron chi connectivity index (χ3n) is 1.55. The first kappa shape index (κ1) is 8.83. The van der Waals surface area contributed by atoms with Crippen molar-refractivity contribution in [3.05, 3.63) is 17.9 Å². The minimum atomic E-state index is -1.73. The van der Waals surface area contributed by atoms with Crippen molar-refractivity contribution in [2.45, 2.75) is 0 Å². The SMILES string of the molecule is Nc1c(F)ccc(B(O)O)c1N. The van der Waals surface area contributed by atoms with E-state index in [9.17, 15) is 4.39 Å². The van der Waals surface area contributed by atoms with Gasteiger partial charge >= 0.3 is 7.12 Å². The summed E-state index contributed by atoms with van der Waals surface area (Å²) >= 11 is 0. The Kier molecular flexibility index (Phi) is 2.21. The molecule has 0 atom stereocenters. The van der Waals surface area contributed by atoms with Gasteiger partial charge in [-0.1, -0.05) is 6.07 Å². The molecule has 6 N–H and O–H groups in total. The summed E-state index contributed by atoms with van der Waals surface area (Å²) in [4.78, 5) is 0. The van der Waals surface area contributed by atoms with Gasteiger partial charge in [0.2, 0.25) is 0 Å². The van der Waals surface area contributed by atoms with Gasteiger partial charge < -0.3 is 21.5 Å². The quantitative estimate of drug-likeness (QED) is 0.310. The lowest BCUT2D eigenvalue weighted by molar-refractivity contribution is 0.426. The van der Waals surface area contributed by atoms with E-state index in [1.165, 1.54) is 6.07 Å². The molecule has 0 spiro atoms. The second-order valence-corrected chi connectivity index (χ2v) is 2.34. The Labute approximate surface area is 68.8 Å². The summed E-state index contributed by atoms with van der Waals surface area (Å²) in [6, 6.07) is 2.20. The molecule has 6 heteroatoms. The Morgan fingerprint density at radius 3 is 2.25 bits per heavy atom. The van der Waals surface area contributed by atoms with Crippen LogP contribution in [0.25, 0.3) is 0 Å². The lowest BCUT2D eigenvalue weighted by atomic mass is 9.78. The molecule has 4 nitrogen and oxygen atoms in total. The molecule has 1 rings (SSSR count). The van der Waals surface area contributed by atoms with Gasteiger partial charge in [-0.3, -0.25) is 0 Å². The van der Waals surface area contributed by atoms with Crippen LogP contribution in [0.2, 0.25) is 0 Å². The summed E-state index contributed by atoms with van der Waals surface area (Å²) in [5.74, 6) is -0.670. The molecule has 0 bridgehead atoms. The van der Waals surface area contributed by atoms with E-state index in [-0.39, 0.29) is 16.8 Å². The molecular weight excluding hydrogens is 162 g/mol. The number of rotatable bonds is 1. The molecule has 0 aromatic heterocycles. The van der Waals surface area contributed by atoms with Crippen molar-refractivity contribution in [2.75, 3.05) is 11.5 Å². The van der Waals surface area contributed by atoms with Gasteiger partial charge in [0.1, 0.15) is 5.82 Å². The predicted octanol–water partition coefficient (Wildman–Crippen LogP) is -1.33. The van der Waals surface area contributed by atoms with Gasteiger partial charge in [0, 0.05) is 5.46 Å². The van der Waals surface area contributed by atoms with Gasteiger partial charge in [-0.15, -0.1) is 0 Å². The Bertz CT molecular complexity index is 306. The number of benzene rings is 1. The zero-order chi connectivity index (χ0) is 9.30. The highest BCUT2D eigenvalue weighted by molar-refractivity contribution is 6.60. The van der Waals surface area contributed by atoms with Crippen LogP contribution in [-0.2, 0) is 0 Å². The second kappa shape index (κ2) is 3.00. The Morgan fingerprint density at radius 2 is 1.75 bits per heavy atom. The molecule has 0 saturated heterocycles. The minimum absolute atomic E-state index is 0.00824. The number of halogens is 1. The zero-order valence-corrected chi connectivity index (χ0v) is 6.16. The lowest BCUT2D eigenvalue weighted by Crippen LogP contribution is -2.33. The van der Waals surface area contributed by atoms with Crippen molar-refractivity contribution < 1.29 is 14.4 Å². The van der Waals surface area contributed by atoms with Gasteiger partial charge in [-0.05, 0) is 6.07 Å². The fraction of sp³-hybridized carbons (Fsp3) is 0. The maximum absolute atomic E-state index is 12.7. The van der Waals surface area contributed by atoms with Crippen LogP contribution < -0.4 is 16.9 Å². The monoisotopic (exact) mass is 170 g/mol. The average molecular weight is 170 g/mol. The number of hydrogen-bond donors (Lipinski definition) is 4. The van der Waals surface area contributed by atoms with E-state index in [0.29, 0.717) is 0 Å². The smallest absolute Gasteiger partial charge is 0.423 e.